The lowest BCUT2D eigenvalue weighted by atomic mass is 29.4. The first-order valence-corrected chi connectivity index (χ1v) is 5.92. The molecule has 0 fully saturated rings. The number of hydrogen-bond acceptors (Lipinski definition) is 0. The highest BCUT2D eigenvalue weighted by Crippen LogP contribution is 2.48. The topological polar surface area (TPSA) is 0 Å². The third-order valence-corrected chi connectivity index (χ3v) is 4.18. The summed E-state index contributed by atoms with van der Waals surface area (Å²) < 4.78 is 27.5. The van der Waals surface area contributed by atoms with Gasteiger partial charge < -0.3 is 0 Å². The van der Waals surface area contributed by atoms with Gasteiger partial charge in [0.15, 0.2) is 0 Å². The van der Waals surface area contributed by atoms with E-state index in [0.717, 1.165) is 0 Å². The Hall–Kier alpha value is 1.72. The summed E-state index contributed by atoms with van der Waals surface area (Å²) in [5, 5.41) is 0. The lowest BCUT2D eigenvalue weighted by Crippen LogP contribution is -0.756. The first-order valence-electron chi connectivity index (χ1n) is 2.45. The molecule has 3 unspecified atom stereocenters. The summed E-state index contributed by atoms with van der Waals surface area (Å²) in [5.41, 5.74) is 0. The third-order valence-electron chi connectivity index (χ3n) is 0.0516. The molecule has 0 aromatic heterocycles. The van der Waals surface area contributed by atoms with E-state index in [1.807, 2.05) is 0 Å². The van der Waals surface area contributed by atoms with Crippen LogP contribution in [0.15, 0.2) is 0 Å². The molecule has 4 heteroatoms. The largest absolute Gasteiger partial charge is 0.110 e. The molecule has 0 spiro atoms. The molecule has 0 aromatic rings. The lowest BCUT2D eigenvalue weighted by Gasteiger charge is -1.70. The minimum Gasteiger partial charge on any atom is -0.110 e. The first-order chi connectivity index (χ1) is 3.55. The second-order valence-corrected chi connectivity index (χ2v) is 5.53. The molecule has 3 atom stereocenters. The van der Waals surface area contributed by atoms with Crippen LogP contribution >= 0.6 is 33.6 Å². The van der Waals surface area contributed by atoms with Crippen LogP contribution in [0.1, 0.15) is 0 Å². The highest BCUT2D eigenvalue weighted by molar-refractivity contribution is 8.54. The molecule has 0 heterocycles. The van der Waals surface area contributed by atoms with Crippen molar-refractivity contribution in [2.75, 3.05) is 0 Å². The third kappa shape index (κ3) is 3.72. The monoisotopic (exact) mass is 137 g/mol. The molecule has 0 N–H and O–H groups in total. The van der Waals surface area contributed by atoms with Gasteiger partial charge in [-0.3, -0.25) is 0 Å². The van der Waals surface area contributed by atoms with Crippen LogP contribution in [0.5, 0.6) is 0 Å². The van der Waals surface area contributed by atoms with Crippen molar-refractivity contribution in [3.8, 4) is 0 Å². The molecule has 0 aliphatic rings. The highest BCUT2D eigenvalue weighted by atomic mass is 32.6. The van der Waals surface area contributed by atoms with E-state index in [1.54, 1.807) is 0 Å². The maximum Gasteiger partial charge on any atom is 0.0671 e. The Morgan fingerprint density at radius 3 is 3.50 bits per heavy atom. The van der Waals surface area contributed by atoms with Crippen molar-refractivity contribution in [3.63, 3.8) is 0 Å². The van der Waals surface area contributed by atoms with E-state index in [9.17, 15) is 0 Å². The smallest absolute Gasteiger partial charge is 0.0671 e. The van der Waals surface area contributed by atoms with E-state index >= 15 is 0 Å². The summed E-state index contributed by atoms with van der Waals surface area (Å²) in [6, 6.07) is 0. The summed E-state index contributed by atoms with van der Waals surface area (Å²) >= 11 is 0. The maximum absolute atomic E-state index is 7.02. The zero-order chi connectivity index (χ0) is 6.73. The van der Waals surface area contributed by atoms with Gasteiger partial charge in [-0.25, -0.2) is 0 Å². The van der Waals surface area contributed by atoms with Crippen LogP contribution in [0.4, 0.5) is 0 Å². The number of hydrogen-bond donors (Lipinski definition) is 0. The van der Waals surface area contributed by atoms with E-state index < -0.39 is 24.6 Å². The molecule has 0 aliphatic heterocycles. The standard InChI is InChI=1S/H6P4/c1-3-4-2/h3-4H,1-2H2/i1T2,3D,4T. The van der Waals surface area contributed by atoms with Gasteiger partial charge in [-0.15, -0.1) is 17.7 Å². The zero-order valence-corrected chi connectivity index (χ0v) is 5.76. The summed E-state index contributed by atoms with van der Waals surface area (Å²) in [5.74, 6) is 0. The first kappa shape index (κ1) is 1.68. The van der Waals surface area contributed by atoms with Gasteiger partial charge in [0.25, 0.3) is 0 Å². The van der Waals surface area contributed by atoms with E-state index in [4.69, 9.17) is 5.11 Å². The van der Waals surface area contributed by atoms with Gasteiger partial charge >= 0.3 is 0 Å². The van der Waals surface area contributed by atoms with E-state index in [2.05, 4.69) is 8.93 Å². The molecule has 0 aromatic carbocycles. The van der Waals surface area contributed by atoms with Gasteiger partial charge in [0.1, 0.15) is 0 Å². The van der Waals surface area contributed by atoms with Crippen LogP contribution in [0.2, 0.25) is 0 Å². The van der Waals surface area contributed by atoms with Gasteiger partial charge in [-0.05, 0) is 0 Å². The van der Waals surface area contributed by atoms with Gasteiger partial charge in [0.05, 0.1) is 5.11 Å². The van der Waals surface area contributed by atoms with Crippen molar-refractivity contribution in [1.29, 1.82) is 5.11 Å². The Morgan fingerprint density at radius 2 is 3.50 bits per heavy atom. The molecule has 0 nitrogen and oxygen atoms in total. The van der Waals surface area contributed by atoms with Crippen molar-refractivity contribution >= 4 is 33.6 Å². The Kier molecular flexibility index (Phi) is 1.98. The van der Waals surface area contributed by atoms with Crippen molar-refractivity contribution in [3.05, 3.63) is 0 Å². The van der Waals surface area contributed by atoms with Crippen molar-refractivity contribution in [2.24, 2.45) is 0 Å². The quantitative estimate of drug-likeness (QED) is 0.509. The summed E-state index contributed by atoms with van der Waals surface area (Å²) in [6.45, 7) is 0. The average molecular weight is 137 g/mol. The molecular weight excluding hydrogens is 124 g/mol. The molecule has 4 heavy (non-hydrogen) atoms. The summed E-state index contributed by atoms with van der Waals surface area (Å²) in [7, 11) is -1.96. The maximum atomic E-state index is 7.02. The van der Waals surface area contributed by atoms with Crippen molar-refractivity contribution in [2.45, 2.75) is 0 Å². The van der Waals surface area contributed by atoms with Crippen LogP contribution < -0.4 is 0 Å². The van der Waals surface area contributed by atoms with Gasteiger partial charge in [-0.1, -0.05) is 15.8 Å². The molecule has 26 valence electrons. The van der Waals surface area contributed by atoms with E-state index in [-0.39, 0.29) is 0 Å². The Balaban J connectivity index is 3.46. The SMILES string of the molecule is [2H]P(P([3H])[3H])P([3H])P. The second kappa shape index (κ2) is 4.72. The Bertz CT molecular complexity index is 53.1. The van der Waals surface area contributed by atoms with Gasteiger partial charge in [0, 0.05) is 0 Å². The van der Waals surface area contributed by atoms with Crippen LogP contribution in [0.25, 0.3) is 0 Å². The fourth-order valence-corrected chi connectivity index (χ4v) is 0. The zero-order valence-electron chi connectivity index (χ0n) is 5.92. The minimum absolute atomic E-state index is 1.15. The van der Waals surface area contributed by atoms with Crippen molar-refractivity contribution in [1.82, 2.24) is 0 Å². The van der Waals surface area contributed by atoms with Gasteiger partial charge in [0.2, 0.25) is 0 Å². The van der Waals surface area contributed by atoms with Crippen LogP contribution in [-0.4, -0.2) is 5.11 Å². The Labute approximate surface area is 39.7 Å². The molecule has 0 aliphatic carbocycles. The predicted molar refractivity (Wildman–Crippen MR) is 36.1 cm³/mol. The molecule has 0 saturated carbocycles. The lowest BCUT2D eigenvalue weighted by molar-refractivity contribution is 5.30. The van der Waals surface area contributed by atoms with Crippen LogP contribution in [-0.2, 0) is 0 Å². The van der Waals surface area contributed by atoms with Crippen molar-refractivity contribution < 1.29 is 0 Å². The predicted octanol–water partition coefficient (Wildman–Crippen LogP) is 1.84. The van der Waals surface area contributed by atoms with Gasteiger partial charge in [-0.2, -0.15) is 0 Å². The average Bonchev–Trinajstić information content (AvgIpc) is 1.64. The molecule has 0 bridgehead atoms. The fraction of sp³-hybridized carbons (Fsp3) is 0. The van der Waals surface area contributed by atoms with Crippen LogP contribution in [0.3, 0.4) is 0 Å². The van der Waals surface area contributed by atoms with E-state index in [0.29, 0.717) is 0 Å². The fourth-order valence-electron chi connectivity index (χ4n) is 0. The Morgan fingerprint density at radius 1 is 2.75 bits per heavy atom. The summed E-state index contributed by atoms with van der Waals surface area (Å²) in [6.07, 6.45) is 0. The molecule has 0 rings (SSSR count). The normalized spacial score (nSPS) is 38.5. The number of rotatable bonds is 2. The van der Waals surface area contributed by atoms with E-state index in [1.165, 1.54) is 0 Å². The molecule has 0 saturated heterocycles. The molecular formula is H6P4. The molecule has 0 amide bonds. The highest BCUT2D eigenvalue weighted by Gasteiger charge is 1.53. The summed E-state index contributed by atoms with van der Waals surface area (Å²) in [4.78, 5) is 0. The molecule has 0 radical (unpaired) electrons. The van der Waals surface area contributed by atoms with Crippen LogP contribution in [0, 0.1) is 0 Å². The minimum atomic E-state index is -1.65. The second-order valence-electron chi connectivity index (χ2n) is 0.205.